The molecule has 170 valence electrons. The van der Waals surface area contributed by atoms with E-state index in [1.54, 1.807) is 23.7 Å². The van der Waals surface area contributed by atoms with E-state index < -0.39 is 10.9 Å². The maximum Gasteiger partial charge on any atom is 0.359 e. The Balaban J connectivity index is 0.00000363. The van der Waals surface area contributed by atoms with Crippen LogP contribution in [0.5, 0.6) is 0 Å². The zero-order chi connectivity index (χ0) is 22.6. The van der Waals surface area contributed by atoms with Crippen LogP contribution in [-0.2, 0) is 11.3 Å². The largest absolute Gasteiger partial charge is 0.461 e. The molecule has 1 aromatic heterocycles. The van der Waals surface area contributed by atoms with E-state index in [0.29, 0.717) is 23.4 Å². The van der Waals surface area contributed by atoms with Crippen molar-refractivity contribution in [3.05, 3.63) is 76.0 Å². The number of aromatic nitrogens is 2. The lowest BCUT2D eigenvalue weighted by molar-refractivity contribution is -0.384. The Morgan fingerprint density at radius 3 is 2.28 bits per heavy atom. The van der Waals surface area contributed by atoms with Crippen LogP contribution in [0, 0.1) is 10.1 Å². The van der Waals surface area contributed by atoms with Crippen LogP contribution in [0.3, 0.4) is 0 Å². The molecule has 1 heterocycles. The van der Waals surface area contributed by atoms with Crippen LogP contribution in [-0.4, -0.2) is 32.8 Å². The molecule has 0 amide bonds. The standard InChI is InChI=1S/C23H26N4O4.ClH/c1-5-31-22(28)20-19(15-24-23(2,3)4)21(16-11-13-18(14-12-16)27(29)30)26(25-20)17-9-7-6-8-10-17;/h6-14,24H,5,15H2,1-4H3;1H. The fourth-order valence-electron chi connectivity index (χ4n) is 3.13. The van der Waals surface area contributed by atoms with E-state index in [1.165, 1.54) is 12.1 Å². The smallest absolute Gasteiger partial charge is 0.359 e. The molecule has 0 spiro atoms. The number of carbonyl (C=O) groups is 1. The number of nitrogens with zero attached hydrogens (tertiary/aromatic N) is 3. The summed E-state index contributed by atoms with van der Waals surface area (Å²) in [4.78, 5) is 23.4. The summed E-state index contributed by atoms with van der Waals surface area (Å²) in [5, 5.41) is 19.1. The predicted octanol–water partition coefficient (Wildman–Crippen LogP) is 4.93. The lowest BCUT2D eigenvalue weighted by Gasteiger charge is -2.21. The average Bonchev–Trinajstić information content (AvgIpc) is 3.12. The molecule has 0 radical (unpaired) electrons. The van der Waals surface area contributed by atoms with Gasteiger partial charge in [0, 0.05) is 35.3 Å². The number of ether oxygens (including phenoxy) is 1. The summed E-state index contributed by atoms with van der Waals surface area (Å²) in [6.45, 7) is 8.45. The highest BCUT2D eigenvalue weighted by atomic mass is 35.5. The topological polar surface area (TPSA) is 99.3 Å². The van der Waals surface area contributed by atoms with Crippen LogP contribution in [0.1, 0.15) is 43.7 Å². The van der Waals surface area contributed by atoms with Gasteiger partial charge in [0.15, 0.2) is 5.69 Å². The molecule has 0 atom stereocenters. The van der Waals surface area contributed by atoms with E-state index in [1.807, 2.05) is 51.1 Å². The van der Waals surface area contributed by atoms with Gasteiger partial charge < -0.3 is 10.1 Å². The summed E-state index contributed by atoms with van der Waals surface area (Å²) in [7, 11) is 0. The molecular weight excluding hydrogens is 432 g/mol. The van der Waals surface area contributed by atoms with Gasteiger partial charge in [-0.3, -0.25) is 10.1 Å². The van der Waals surface area contributed by atoms with Crippen LogP contribution in [0.4, 0.5) is 5.69 Å². The number of para-hydroxylation sites is 1. The highest BCUT2D eigenvalue weighted by Crippen LogP contribution is 2.31. The number of hydrogen-bond acceptors (Lipinski definition) is 6. The third-order valence-electron chi connectivity index (χ3n) is 4.60. The number of halogens is 1. The number of esters is 1. The van der Waals surface area contributed by atoms with Crippen molar-refractivity contribution in [3.63, 3.8) is 0 Å². The van der Waals surface area contributed by atoms with E-state index in [9.17, 15) is 14.9 Å². The van der Waals surface area contributed by atoms with Crippen molar-refractivity contribution in [2.75, 3.05) is 6.61 Å². The van der Waals surface area contributed by atoms with Gasteiger partial charge in [-0.25, -0.2) is 9.48 Å². The van der Waals surface area contributed by atoms with Crippen molar-refractivity contribution in [2.24, 2.45) is 0 Å². The minimum absolute atomic E-state index is 0. The second-order valence-corrected chi connectivity index (χ2v) is 8.05. The van der Waals surface area contributed by atoms with E-state index in [4.69, 9.17) is 4.74 Å². The van der Waals surface area contributed by atoms with Gasteiger partial charge in [-0.2, -0.15) is 5.10 Å². The Morgan fingerprint density at radius 2 is 1.75 bits per heavy atom. The summed E-state index contributed by atoms with van der Waals surface area (Å²) >= 11 is 0. The molecule has 0 aliphatic rings. The van der Waals surface area contributed by atoms with E-state index in [2.05, 4.69) is 10.4 Å². The second kappa shape index (κ2) is 10.4. The highest BCUT2D eigenvalue weighted by molar-refractivity contribution is 5.91. The van der Waals surface area contributed by atoms with E-state index in [0.717, 1.165) is 5.69 Å². The zero-order valence-electron chi connectivity index (χ0n) is 18.5. The van der Waals surface area contributed by atoms with Crippen molar-refractivity contribution in [3.8, 4) is 16.9 Å². The number of benzene rings is 2. The van der Waals surface area contributed by atoms with Gasteiger partial charge in [0.05, 0.1) is 22.9 Å². The SMILES string of the molecule is CCOC(=O)c1nn(-c2ccccc2)c(-c2ccc([N+](=O)[O-])cc2)c1CNC(C)(C)C.Cl. The van der Waals surface area contributed by atoms with E-state index >= 15 is 0 Å². The molecule has 8 nitrogen and oxygen atoms in total. The molecule has 0 unspecified atom stereocenters. The summed E-state index contributed by atoms with van der Waals surface area (Å²) in [5.74, 6) is -0.508. The molecule has 2 aromatic carbocycles. The van der Waals surface area contributed by atoms with Crippen LogP contribution in [0.25, 0.3) is 16.9 Å². The molecule has 0 bridgehead atoms. The van der Waals surface area contributed by atoms with Crippen LogP contribution in [0.2, 0.25) is 0 Å². The lowest BCUT2D eigenvalue weighted by atomic mass is 10.0. The number of nitrogens with one attached hydrogen (secondary N) is 1. The first-order valence-electron chi connectivity index (χ1n) is 10.1. The van der Waals surface area contributed by atoms with Gasteiger partial charge in [0.1, 0.15) is 0 Å². The molecule has 0 aliphatic heterocycles. The first-order chi connectivity index (χ1) is 14.7. The first kappa shape index (κ1) is 25.0. The minimum atomic E-state index is -0.508. The molecule has 3 rings (SSSR count). The number of carbonyl (C=O) groups excluding carboxylic acids is 1. The number of hydrogen-bond donors (Lipinski definition) is 1. The monoisotopic (exact) mass is 458 g/mol. The molecule has 0 aliphatic carbocycles. The Labute approximate surface area is 193 Å². The Morgan fingerprint density at radius 1 is 1.12 bits per heavy atom. The Kier molecular flexibility index (Phi) is 8.13. The van der Waals surface area contributed by atoms with Gasteiger partial charge in [-0.1, -0.05) is 18.2 Å². The van der Waals surface area contributed by atoms with Gasteiger partial charge in [-0.15, -0.1) is 12.4 Å². The third kappa shape index (κ3) is 5.72. The quantitative estimate of drug-likeness (QED) is 0.306. The average molecular weight is 459 g/mol. The molecule has 0 saturated heterocycles. The summed E-state index contributed by atoms with van der Waals surface area (Å²) in [5.41, 5.74) is 2.84. The predicted molar refractivity (Wildman–Crippen MR) is 125 cm³/mol. The van der Waals surface area contributed by atoms with Crippen molar-refractivity contribution in [1.82, 2.24) is 15.1 Å². The minimum Gasteiger partial charge on any atom is -0.461 e. The number of non-ortho nitro benzene ring substituents is 1. The van der Waals surface area contributed by atoms with Crippen LogP contribution in [0.15, 0.2) is 54.6 Å². The maximum absolute atomic E-state index is 12.7. The molecule has 1 N–H and O–H groups in total. The molecule has 9 heteroatoms. The molecule has 3 aromatic rings. The number of nitro groups is 1. The highest BCUT2D eigenvalue weighted by Gasteiger charge is 2.27. The summed E-state index contributed by atoms with van der Waals surface area (Å²) in [6.07, 6.45) is 0. The number of nitro benzene ring substituents is 1. The molecule has 0 fully saturated rings. The zero-order valence-corrected chi connectivity index (χ0v) is 19.3. The van der Waals surface area contributed by atoms with E-state index in [-0.39, 0.29) is 35.9 Å². The van der Waals surface area contributed by atoms with Gasteiger partial charge in [-0.05, 0) is 52.0 Å². The Hall–Kier alpha value is -3.23. The van der Waals surface area contributed by atoms with Gasteiger partial charge in [0.2, 0.25) is 0 Å². The van der Waals surface area contributed by atoms with Gasteiger partial charge in [0.25, 0.3) is 5.69 Å². The molecular formula is C23H27ClN4O4. The molecule has 0 saturated carbocycles. The van der Waals surface area contributed by atoms with Crippen molar-refractivity contribution in [1.29, 1.82) is 0 Å². The van der Waals surface area contributed by atoms with Crippen LogP contribution < -0.4 is 5.32 Å². The van der Waals surface area contributed by atoms with Gasteiger partial charge >= 0.3 is 5.97 Å². The fourth-order valence-corrected chi connectivity index (χ4v) is 3.13. The Bertz CT molecular complexity index is 1070. The van der Waals surface area contributed by atoms with Crippen molar-refractivity contribution >= 4 is 24.1 Å². The first-order valence-corrected chi connectivity index (χ1v) is 10.1. The molecule has 32 heavy (non-hydrogen) atoms. The van der Waals surface area contributed by atoms with Crippen molar-refractivity contribution in [2.45, 2.75) is 39.8 Å². The number of rotatable bonds is 7. The fraction of sp³-hybridized carbons (Fsp3) is 0.304. The van der Waals surface area contributed by atoms with Crippen molar-refractivity contribution < 1.29 is 14.5 Å². The third-order valence-corrected chi connectivity index (χ3v) is 4.60. The van der Waals surface area contributed by atoms with Crippen LogP contribution >= 0.6 is 12.4 Å². The lowest BCUT2D eigenvalue weighted by Crippen LogP contribution is -2.35. The summed E-state index contributed by atoms with van der Waals surface area (Å²) < 4.78 is 6.95. The maximum atomic E-state index is 12.7. The normalized spacial score (nSPS) is 11.0. The second-order valence-electron chi connectivity index (χ2n) is 8.05. The summed E-state index contributed by atoms with van der Waals surface area (Å²) in [6, 6.07) is 15.7.